The molecule has 24 heavy (non-hydrogen) atoms. The number of Topliss-reactive ketones (excluding diaryl/α,β-unsaturated/α-hetero) is 1. The first-order chi connectivity index (χ1) is 11.4. The molecule has 5 nitrogen and oxygen atoms in total. The molecular weight excluding hydrogens is 304 g/mol. The molecule has 134 valence electrons. The summed E-state index contributed by atoms with van der Waals surface area (Å²) in [6, 6.07) is -0.301. The van der Waals surface area contributed by atoms with Crippen LogP contribution in [0.15, 0.2) is 0 Å². The Morgan fingerprint density at radius 2 is 1.62 bits per heavy atom. The van der Waals surface area contributed by atoms with Gasteiger partial charge in [-0.05, 0) is 32.1 Å². The van der Waals surface area contributed by atoms with Crippen molar-refractivity contribution in [3.63, 3.8) is 0 Å². The molecule has 1 aliphatic heterocycles. The van der Waals surface area contributed by atoms with E-state index in [1.54, 1.807) is 11.9 Å². The molecular formula is C19H30N2O3. The fraction of sp³-hybridized carbons (Fsp3) is 0.842. The van der Waals surface area contributed by atoms with E-state index in [2.05, 4.69) is 0 Å². The Hall–Kier alpha value is -1.39. The van der Waals surface area contributed by atoms with Gasteiger partial charge in [0.2, 0.25) is 0 Å². The van der Waals surface area contributed by atoms with Crippen LogP contribution in [-0.2, 0) is 9.59 Å². The maximum atomic E-state index is 13.0. The largest absolute Gasteiger partial charge is 0.327 e. The van der Waals surface area contributed by atoms with Gasteiger partial charge in [0.25, 0.3) is 5.91 Å². The highest BCUT2D eigenvalue weighted by molar-refractivity contribution is 6.09. The number of rotatable bonds is 5. The molecule has 3 rings (SSSR count). The summed E-state index contributed by atoms with van der Waals surface area (Å²) in [6.45, 7) is 1.84. The van der Waals surface area contributed by atoms with E-state index in [1.807, 2.05) is 6.92 Å². The first kappa shape index (κ1) is 17.4. The minimum absolute atomic E-state index is 0.0337. The highest BCUT2D eigenvalue weighted by atomic mass is 16.2. The zero-order valence-electron chi connectivity index (χ0n) is 15.1. The van der Waals surface area contributed by atoms with Crippen LogP contribution in [-0.4, -0.2) is 46.7 Å². The molecule has 5 heteroatoms. The Bertz CT molecular complexity index is 521. The number of amides is 3. The number of hydrogen-bond donors (Lipinski definition) is 0. The van der Waals surface area contributed by atoms with Crippen LogP contribution in [0.1, 0.15) is 71.1 Å². The van der Waals surface area contributed by atoms with Crippen molar-refractivity contribution in [3.8, 4) is 0 Å². The van der Waals surface area contributed by atoms with E-state index in [4.69, 9.17) is 0 Å². The maximum absolute atomic E-state index is 13.0. The molecule has 3 aliphatic rings. The third-order valence-electron chi connectivity index (χ3n) is 6.50. The second-order valence-corrected chi connectivity index (χ2v) is 8.16. The van der Waals surface area contributed by atoms with Crippen LogP contribution in [0.5, 0.6) is 0 Å². The average molecular weight is 334 g/mol. The van der Waals surface area contributed by atoms with Crippen molar-refractivity contribution in [3.05, 3.63) is 0 Å². The number of urea groups is 1. The SMILES string of the molecule is CN1C(=O)N(CC(=O)C2CCCCC2)C(=O)C1(C)CC1CCCC1. The van der Waals surface area contributed by atoms with Crippen molar-refractivity contribution >= 4 is 17.7 Å². The summed E-state index contributed by atoms with van der Waals surface area (Å²) >= 11 is 0. The van der Waals surface area contributed by atoms with Crippen LogP contribution in [0.25, 0.3) is 0 Å². The molecule has 0 bridgehead atoms. The van der Waals surface area contributed by atoms with Gasteiger partial charge in [-0.2, -0.15) is 0 Å². The molecule has 3 fully saturated rings. The molecule has 0 aromatic rings. The summed E-state index contributed by atoms with van der Waals surface area (Å²) in [6.07, 6.45) is 10.6. The van der Waals surface area contributed by atoms with Crippen molar-refractivity contribution in [2.24, 2.45) is 11.8 Å². The van der Waals surface area contributed by atoms with E-state index in [1.165, 1.54) is 24.2 Å². The second kappa shape index (κ2) is 6.85. The van der Waals surface area contributed by atoms with Gasteiger partial charge in [0.15, 0.2) is 5.78 Å². The second-order valence-electron chi connectivity index (χ2n) is 8.16. The van der Waals surface area contributed by atoms with Gasteiger partial charge in [0.1, 0.15) is 5.54 Å². The summed E-state index contributed by atoms with van der Waals surface area (Å²) in [7, 11) is 1.71. The number of carbonyl (C=O) groups excluding carboxylic acids is 3. The molecule has 2 saturated carbocycles. The molecule has 0 N–H and O–H groups in total. The van der Waals surface area contributed by atoms with E-state index in [0.717, 1.165) is 44.9 Å². The van der Waals surface area contributed by atoms with Crippen LogP contribution in [0.4, 0.5) is 4.79 Å². The Balaban J connectivity index is 1.68. The lowest BCUT2D eigenvalue weighted by atomic mass is 9.85. The van der Waals surface area contributed by atoms with E-state index < -0.39 is 5.54 Å². The lowest BCUT2D eigenvalue weighted by Gasteiger charge is -2.31. The van der Waals surface area contributed by atoms with Crippen molar-refractivity contribution < 1.29 is 14.4 Å². The maximum Gasteiger partial charge on any atom is 0.327 e. The quantitative estimate of drug-likeness (QED) is 0.724. The monoisotopic (exact) mass is 334 g/mol. The molecule has 0 aromatic carbocycles. The van der Waals surface area contributed by atoms with Crippen molar-refractivity contribution in [2.75, 3.05) is 13.6 Å². The molecule has 3 amide bonds. The normalized spacial score (nSPS) is 29.8. The highest BCUT2D eigenvalue weighted by Crippen LogP contribution is 2.38. The van der Waals surface area contributed by atoms with E-state index >= 15 is 0 Å². The molecule has 0 aromatic heterocycles. The Morgan fingerprint density at radius 3 is 2.25 bits per heavy atom. The lowest BCUT2D eigenvalue weighted by Crippen LogP contribution is -2.46. The van der Waals surface area contributed by atoms with Crippen LogP contribution < -0.4 is 0 Å². The number of imide groups is 1. The Labute approximate surface area is 144 Å². The van der Waals surface area contributed by atoms with Gasteiger partial charge in [0, 0.05) is 13.0 Å². The molecule has 2 aliphatic carbocycles. The topological polar surface area (TPSA) is 57.7 Å². The van der Waals surface area contributed by atoms with E-state index in [-0.39, 0.29) is 30.2 Å². The Kier molecular flexibility index (Phi) is 4.97. The van der Waals surface area contributed by atoms with Gasteiger partial charge in [-0.15, -0.1) is 0 Å². The Morgan fingerprint density at radius 1 is 1.04 bits per heavy atom. The molecule has 1 unspecified atom stereocenters. The molecule has 1 heterocycles. The number of carbonyl (C=O) groups is 3. The van der Waals surface area contributed by atoms with Crippen LogP contribution in [0.3, 0.4) is 0 Å². The third-order valence-corrected chi connectivity index (χ3v) is 6.50. The minimum Gasteiger partial charge on any atom is -0.313 e. The number of nitrogens with zero attached hydrogens (tertiary/aromatic N) is 2. The standard InChI is InChI=1S/C19H30N2O3/c1-19(12-14-8-6-7-9-14)17(23)21(18(24)20(19)2)13-16(22)15-10-4-3-5-11-15/h14-15H,3-13H2,1-2H3. The summed E-state index contributed by atoms with van der Waals surface area (Å²) in [5.74, 6) is 0.440. The summed E-state index contributed by atoms with van der Waals surface area (Å²) in [5.41, 5.74) is -0.779. The molecule has 0 radical (unpaired) electrons. The average Bonchev–Trinajstić information content (AvgIpc) is 3.15. The fourth-order valence-corrected chi connectivity index (χ4v) is 4.76. The van der Waals surface area contributed by atoms with E-state index in [9.17, 15) is 14.4 Å². The molecule has 0 spiro atoms. The van der Waals surface area contributed by atoms with Crippen molar-refractivity contribution in [1.82, 2.24) is 9.80 Å². The summed E-state index contributed by atoms with van der Waals surface area (Å²) in [4.78, 5) is 40.9. The summed E-state index contributed by atoms with van der Waals surface area (Å²) < 4.78 is 0. The summed E-state index contributed by atoms with van der Waals surface area (Å²) in [5, 5.41) is 0. The predicted octanol–water partition coefficient (Wildman–Crippen LogP) is 3.37. The predicted molar refractivity (Wildman–Crippen MR) is 91.4 cm³/mol. The number of likely N-dealkylation sites (N-methyl/N-ethyl adjacent to an activating group) is 1. The number of ketones is 1. The van der Waals surface area contributed by atoms with Crippen LogP contribution >= 0.6 is 0 Å². The van der Waals surface area contributed by atoms with Gasteiger partial charge in [0.05, 0.1) is 6.54 Å². The highest BCUT2D eigenvalue weighted by Gasteiger charge is 2.53. The van der Waals surface area contributed by atoms with Gasteiger partial charge in [-0.1, -0.05) is 44.9 Å². The number of hydrogen-bond acceptors (Lipinski definition) is 3. The fourth-order valence-electron chi connectivity index (χ4n) is 4.76. The zero-order valence-corrected chi connectivity index (χ0v) is 15.1. The first-order valence-electron chi connectivity index (χ1n) is 9.56. The van der Waals surface area contributed by atoms with Gasteiger partial charge in [-0.3, -0.25) is 14.5 Å². The van der Waals surface area contributed by atoms with Gasteiger partial charge < -0.3 is 4.90 Å². The smallest absolute Gasteiger partial charge is 0.313 e. The van der Waals surface area contributed by atoms with Crippen LogP contribution in [0, 0.1) is 11.8 Å². The minimum atomic E-state index is -0.779. The van der Waals surface area contributed by atoms with Gasteiger partial charge in [-0.25, -0.2) is 4.79 Å². The van der Waals surface area contributed by atoms with Crippen molar-refractivity contribution in [2.45, 2.75) is 76.7 Å². The van der Waals surface area contributed by atoms with Gasteiger partial charge >= 0.3 is 6.03 Å². The lowest BCUT2D eigenvalue weighted by molar-refractivity contribution is -0.136. The zero-order chi connectivity index (χ0) is 17.3. The van der Waals surface area contributed by atoms with Crippen LogP contribution in [0.2, 0.25) is 0 Å². The third kappa shape index (κ3) is 3.09. The van der Waals surface area contributed by atoms with E-state index in [0.29, 0.717) is 5.92 Å². The van der Waals surface area contributed by atoms with Crippen molar-refractivity contribution in [1.29, 1.82) is 0 Å². The molecule has 1 atom stereocenters. The first-order valence-corrected chi connectivity index (χ1v) is 9.56. The molecule has 1 saturated heterocycles.